The summed E-state index contributed by atoms with van der Waals surface area (Å²) < 4.78 is 5.50. The van der Waals surface area contributed by atoms with Crippen LogP contribution in [0.5, 0.6) is 11.5 Å². The van der Waals surface area contributed by atoms with Crippen molar-refractivity contribution in [3.05, 3.63) is 33.3 Å². The normalized spacial score (nSPS) is 10.9. The molecule has 22 heavy (non-hydrogen) atoms. The van der Waals surface area contributed by atoms with Crippen LogP contribution in [0.3, 0.4) is 0 Å². The van der Waals surface area contributed by atoms with Gasteiger partial charge in [0.15, 0.2) is 15.4 Å². The standard InChI is InChI=1S/C13H9BrN4O3S/c1-21-10-5-7(2-3-9(10)19)4-8(6-15)11(20)16-13-18-17-12(14)22-13/h2-5,19H,1H3,(H,16,18,20)/b8-4+. The lowest BCUT2D eigenvalue weighted by molar-refractivity contribution is -0.112. The van der Waals surface area contributed by atoms with Crippen molar-refractivity contribution in [3.63, 3.8) is 0 Å². The van der Waals surface area contributed by atoms with Crippen LogP contribution < -0.4 is 10.1 Å². The molecule has 0 aliphatic carbocycles. The maximum atomic E-state index is 12.0. The number of ether oxygens (including phenoxy) is 1. The number of hydrogen-bond acceptors (Lipinski definition) is 7. The van der Waals surface area contributed by atoms with Crippen LogP contribution in [0.25, 0.3) is 6.08 Å². The Kier molecular flexibility index (Phi) is 5.08. The molecule has 2 rings (SSSR count). The molecule has 0 radical (unpaired) electrons. The summed E-state index contributed by atoms with van der Waals surface area (Å²) in [6.45, 7) is 0. The van der Waals surface area contributed by atoms with Gasteiger partial charge in [-0.15, -0.1) is 10.2 Å². The molecule has 0 saturated heterocycles. The number of methoxy groups -OCH3 is 1. The van der Waals surface area contributed by atoms with Crippen molar-refractivity contribution in [1.29, 1.82) is 5.26 Å². The topological polar surface area (TPSA) is 108 Å². The Hall–Kier alpha value is -2.44. The predicted octanol–water partition coefficient (Wildman–Crippen LogP) is 2.56. The molecule has 0 atom stereocenters. The molecule has 1 amide bonds. The lowest BCUT2D eigenvalue weighted by Crippen LogP contribution is -2.13. The summed E-state index contributed by atoms with van der Waals surface area (Å²) in [5, 5.41) is 28.8. The molecule has 0 unspecified atom stereocenters. The van der Waals surface area contributed by atoms with Crippen molar-refractivity contribution in [1.82, 2.24) is 10.2 Å². The van der Waals surface area contributed by atoms with E-state index >= 15 is 0 Å². The van der Waals surface area contributed by atoms with Crippen LogP contribution in [-0.4, -0.2) is 28.3 Å². The molecular formula is C13H9BrN4O3S. The number of hydrogen-bond donors (Lipinski definition) is 2. The summed E-state index contributed by atoms with van der Waals surface area (Å²) in [7, 11) is 1.41. The Morgan fingerprint density at radius 2 is 2.32 bits per heavy atom. The highest BCUT2D eigenvalue weighted by Gasteiger charge is 2.12. The third-order valence-electron chi connectivity index (χ3n) is 2.50. The number of aromatic hydroxyl groups is 1. The molecule has 2 N–H and O–H groups in total. The van der Waals surface area contributed by atoms with E-state index in [2.05, 4.69) is 31.4 Å². The van der Waals surface area contributed by atoms with Gasteiger partial charge in [0.05, 0.1) is 7.11 Å². The fourth-order valence-corrected chi connectivity index (χ4v) is 2.53. The number of benzene rings is 1. The first-order valence-corrected chi connectivity index (χ1v) is 7.43. The van der Waals surface area contributed by atoms with Crippen molar-refractivity contribution in [3.8, 4) is 17.6 Å². The zero-order valence-electron chi connectivity index (χ0n) is 11.2. The molecule has 9 heteroatoms. The van der Waals surface area contributed by atoms with E-state index in [9.17, 15) is 9.90 Å². The van der Waals surface area contributed by atoms with Crippen molar-refractivity contribution in [2.24, 2.45) is 0 Å². The molecule has 0 bridgehead atoms. The molecular weight excluding hydrogens is 372 g/mol. The molecule has 112 valence electrons. The van der Waals surface area contributed by atoms with Gasteiger partial charge in [0, 0.05) is 0 Å². The molecule has 7 nitrogen and oxygen atoms in total. The molecule has 1 aromatic heterocycles. The summed E-state index contributed by atoms with van der Waals surface area (Å²) in [4.78, 5) is 12.0. The molecule has 1 aromatic carbocycles. The Labute approximate surface area is 138 Å². The maximum Gasteiger partial charge on any atom is 0.268 e. The highest BCUT2D eigenvalue weighted by Crippen LogP contribution is 2.27. The van der Waals surface area contributed by atoms with Crippen molar-refractivity contribution >= 4 is 44.4 Å². The summed E-state index contributed by atoms with van der Waals surface area (Å²) in [6.07, 6.45) is 1.38. The van der Waals surface area contributed by atoms with Crippen LogP contribution in [0.1, 0.15) is 5.56 Å². The number of aromatic nitrogens is 2. The first kappa shape index (κ1) is 15.9. The third kappa shape index (κ3) is 3.81. The molecule has 2 aromatic rings. The lowest BCUT2D eigenvalue weighted by atomic mass is 10.1. The second-order valence-electron chi connectivity index (χ2n) is 3.92. The predicted molar refractivity (Wildman–Crippen MR) is 84.5 cm³/mol. The number of rotatable bonds is 4. The first-order chi connectivity index (χ1) is 10.5. The Morgan fingerprint density at radius 3 is 2.91 bits per heavy atom. The largest absolute Gasteiger partial charge is 0.504 e. The van der Waals surface area contributed by atoms with Crippen LogP contribution in [0.2, 0.25) is 0 Å². The Bertz CT molecular complexity index is 782. The molecule has 0 aliphatic rings. The number of phenols is 1. The van der Waals surface area contributed by atoms with E-state index in [1.807, 2.05) is 6.07 Å². The number of nitrogens with one attached hydrogen (secondary N) is 1. The number of halogens is 1. The van der Waals surface area contributed by atoms with Crippen LogP contribution in [0, 0.1) is 11.3 Å². The van der Waals surface area contributed by atoms with Crippen LogP contribution in [-0.2, 0) is 4.79 Å². The van der Waals surface area contributed by atoms with Gasteiger partial charge < -0.3 is 9.84 Å². The minimum Gasteiger partial charge on any atom is -0.504 e. The summed E-state index contributed by atoms with van der Waals surface area (Å²) >= 11 is 4.26. The van der Waals surface area contributed by atoms with E-state index in [0.29, 0.717) is 9.48 Å². The summed E-state index contributed by atoms with van der Waals surface area (Å²) in [6, 6.07) is 6.31. The van der Waals surface area contributed by atoms with E-state index < -0.39 is 5.91 Å². The number of anilines is 1. The average molecular weight is 381 g/mol. The number of phenolic OH excluding ortho intramolecular Hbond substituents is 1. The highest BCUT2D eigenvalue weighted by molar-refractivity contribution is 9.11. The van der Waals surface area contributed by atoms with Crippen molar-refractivity contribution in [2.75, 3.05) is 12.4 Å². The van der Waals surface area contributed by atoms with E-state index in [4.69, 9.17) is 10.00 Å². The first-order valence-electron chi connectivity index (χ1n) is 5.82. The molecule has 0 spiro atoms. The maximum absolute atomic E-state index is 12.0. The van der Waals surface area contributed by atoms with Gasteiger partial charge in [-0.2, -0.15) is 5.26 Å². The monoisotopic (exact) mass is 380 g/mol. The molecule has 0 fully saturated rings. The number of amides is 1. The van der Waals surface area contributed by atoms with Gasteiger partial charge in [0.25, 0.3) is 5.91 Å². The smallest absolute Gasteiger partial charge is 0.268 e. The zero-order valence-corrected chi connectivity index (χ0v) is 13.6. The quantitative estimate of drug-likeness (QED) is 0.623. The Balaban J connectivity index is 2.23. The zero-order chi connectivity index (χ0) is 16.1. The molecule has 0 aliphatic heterocycles. The van der Waals surface area contributed by atoms with Crippen LogP contribution in [0.4, 0.5) is 5.13 Å². The van der Waals surface area contributed by atoms with E-state index in [0.717, 1.165) is 11.3 Å². The van der Waals surface area contributed by atoms with E-state index in [1.165, 1.54) is 25.3 Å². The summed E-state index contributed by atoms with van der Waals surface area (Å²) in [5.41, 5.74) is 0.429. The number of nitriles is 1. The van der Waals surface area contributed by atoms with Crippen LogP contribution in [0.15, 0.2) is 27.7 Å². The van der Waals surface area contributed by atoms with Gasteiger partial charge in [-0.05, 0) is 39.7 Å². The van der Waals surface area contributed by atoms with Crippen molar-refractivity contribution in [2.45, 2.75) is 0 Å². The number of carbonyl (C=O) groups excluding carboxylic acids is 1. The van der Waals surface area contributed by atoms with Gasteiger partial charge in [0.2, 0.25) is 5.13 Å². The molecule has 1 heterocycles. The van der Waals surface area contributed by atoms with Gasteiger partial charge >= 0.3 is 0 Å². The van der Waals surface area contributed by atoms with Crippen LogP contribution >= 0.6 is 27.3 Å². The molecule has 0 saturated carbocycles. The fourth-order valence-electron chi connectivity index (χ4n) is 1.52. The Morgan fingerprint density at radius 1 is 1.55 bits per heavy atom. The second-order valence-corrected chi connectivity index (χ2v) is 6.17. The van der Waals surface area contributed by atoms with Crippen molar-refractivity contribution < 1.29 is 14.6 Å². The number of carbonyl (C=O) groups is 1. The van der Waals surface area contributed by atoms with Gasteiger partial charge in [0.1, 0.15) is 11.6 Å². The number of nitrogens with zero attached hydrogens (tertiary/aromatic N) is 3. The minimum atomic E-state index is -0.599. The minimum absolute atomic E-state index is 0.0266. The van der Waals surface area contributed by atoms with Gasteiger partial charge in [-0.3, -0.25) is 10.1 Å². The SMILES string of the molecule is COc1cc(/C=C(\C#N)C(=O)Nc2nnc(Br)s2)ccc1O. The average Bonchev–Trinajstić information content (AvgIpc) is 2.91. The second kappa shape index (κ2) is 7.02. The van der Waals surface area contributed by atoms with Gasteiger partial charge in [-0.1, -0.05) is 17.4 Å². The lowest BCUT2D eigenvalue weighted by Gasteiger charge is -2.04. The highest BCUT2D eigenvalue weighted by atomic mass is 79.9. The van der Waals surface area contributed by atoms with E-state index in [-0.39, 0.29) is 22.2 Å². The fraction of sp³-hybridized carbons (Fsp3) is 0.0769. The van der Waals surface area contributed by atoms with Gasteiger partial charge in [-0.25, -0.2) is 0 Å². The summed E-state index contributed by atoms with van der Waals surface area (Å²) in [5.74, 6) is -0.376. The van der Waals surface area contributed by atoms with E-state index in [1.54, 1.807) is 6.07 Å². The third-order valence-corrected chi connectivity index (χ3v) is 3.77.